The Labute approximate surface area is 122 Å². The van der Waals surface area contributed by atoms with Gasteiger partial charge in [0.15, 0.2) is 0 Å². The second-order valence-electron chi connectivity index (χ2n) is 4.38. The van der Waals surface area contributed by atoms with Gasteiger partial charge in [0, 0.05) is 16.1 Å². The number of halogens is 6. The maximum atomic E-state index is 13.7. The van der Waals surface area contributed by atoms with E-state index in [-0.39, 0.29) is 10.6 Å². The van der Waals surface area contributed by atoms with Crippen LogP contribution in [0.2, 0.25) is 5.02 Å². The first-order chi connectivity index (χ1) is 9.70. The molecule has 1 nitrogen and oxygen atoms in total. The van der Waals surface area contributed by atoms with Crippen LogP contribution in [0.25, 0.3) is 0 Å². The van der Waals surface area contributed by atoms with Crippen molar-refractivity contribution >= 4 is 11.6 Å². The van der Waals surface area contributed by atoms with E-state index in [1.165, 1.54) is 12.1 Å². The smallest absolute Gasteiger partial charge is 0.320 e. The monoisotopic (exact) mass is 321 g/mol. The molecule has 0 fully saturated rings. The first-order valence-electron chi connectivity index (χ1n) is 5.77. The molecule has 0 radical (unpaired) electrons. The quantitative estimate of drug-likeness (QED) is 0.798. The van der Waals surface area contributed by atoms with Gasteiger partial charge in [-0.05, 0) is 30.3 Å². The molecule has 0 aliphatic heterocycles. The van der Waals surface area contributed by atoms with Gasteiger partial charge in [0.25, 0.3) is 0 Å². The molecule has 2 N–H and O–H groups in total. The first kappa shape index (κ1) is 15.7. The summed E-state index contributed by atoms with van der Waals surface area (Å²) in [5.74, 6) is -1.75. The van der Waals surface area contributed by atoms with Crippen molar-refractivity contribution in [3.05, 3.63) is 69.7 Å². The number of nitrogens with two attached hydrogens (primary N) is 1. The van der Waals surface area contributed by atoms with Crippen molar-refractivity contribution in [1.29, 1.82) is 0 Å². The number of alkyl halides is 3. The van der Waals surface area contributed by atoms with E-state index in [1.54, 1.807) is 0 Å². The minimum Gasteiger partial charge on any atom is -0.320 e. The average molecular weight is 322 g/mol. The van der Waals surface area contributed by atoms with Crippen LogP contribution >= 0.6 is 11.6 Å². The van der Waals surface area contributed by atoms with Crippen molar-refractivity contribution in [2.24, 2.45) is 5.73 Å². The highest BCUT2D eigenvalue weighted by atomic mass is 35.5. The summed E-state index contributed by atoms with van der Waals surface area (Å²) in [5.41, 5.74) is 4.06. The second kappa shape index (κ2) is 5.61. The van der Waals surface area contributed by atoms with Crippen LogP contribution in [0.3, 0.4) is 0 Å². The summed E-state index contributed by atoms with van der Waals surface area (Å²) in [6.07, 6.45) is -4.64. The molecule has 0 heterocycles. The van der Waals surface area contributed by atoms with Crippen LogP contribution in [0.1, 0.15) is 22.7 Å². The Morgan fingerprint density at radius 3 is 2.14 bits per heavy atom. The highest BCUT2D eigenvalue weighted by Gasteiger charge is 2.32. The molecule has 2 aromatic rings. The summed E-state index contributed by atoms with van der Waals surface area (Å²) >= 11 is 5.58. The zero-order chi connectivity index (χ0) is 15.8. The maximum Gasteiger partial charge on any atom is 0.416 e. The molecule has 0 aliphatic carbocycles. The fraction of sp³-hybridized carbons (Fsp3) is 0.143. The lowest BCUT2D eigenvalue weighted by Crippen LogP contribution is -2.17. The maximum absolute atomic E-state index is 13.7. The third-order valence-corrected chi connectivity index (χ3v) is 3.19. The van der Waals surface area contributed by atoms with Crippen LogP contribution in [0.5, 0.6) is 0 Å². The molecule has 2 aromatic carbocycles. The van der Waals surface area contributed by atoms with Gasteiger partial charge in [-0.25, -0.2) is 8.78 Å². The van der Waals surface area contributed by atoms with Gasteiger partial charge in [0.2, 0.25) is 0 Å². The first-order valence-corrected chi connectivity index (χ1v) is 6.15. The van der Waals surface area contributed by atoms with E-state index in [1.807, 2.05) is 0 Å². The largest absolute Gasteiger partial charge is 0.416 e. The molecule has 0 aliphatic rings. The molecule has 2 rings (SSSR count). The molecular weight excluding hydrogens is 313 g/mol. The SMILES string of the molecule is NC(c1ccc(Cl)cc1F)c1cc(C(F)(F)F)ccc1F. The second-order valence-corrected chi connectivity index (χ2v) is 4.81. The fourth-order valence-corrected chi connectivity index (χ4v) is 2.04. The van der Waals surface area contributed by atoms with Gasteiger partial charge in [-0.2, -0.15) is 13.2 Å². The lowest BCUT2D eigenvalue weighted by molar-refractivity contribution is -0.137. The molecule has 0 spiro atoms. The molecule has 0 amide bonds. The van der Waals surface area contributed by atoms with E-state index < -0.39 is 35.0 Å². The van der Waals surface area contributed by atoms with Crippen LogP contribution < -0.4 is 5.73 Å². The normalized spacial score (nSPS) is 13.3. The topological polar surface area (TPSA) is 26.0 Å². The summed E-state index contributed by atoms with van der Waals surface area (Å²) in [4.78, 5) is 0. The lowest BCUT2D eigenvalue weighted by atomic mass is 9.97. The van der Waals surface area contributed by atoms with Gasteiger partial charge >= 0.3 is 6.18 Å². The number of hydrogen-bond donors (Lipinski definition) is 1. The Morgan fingerprint density at radius 2 is 1.57 bits per heavy atom. The fourth-order valence-electron chi connectivity index (χ4n) is 1.88. The summed E-state index contributed by atoms with van der Waals surface area (Å²) in [6, 6.07) is 3.96. The highest BCUT2D eigenvalue weighted by Crippen LogP contribution is 2.33. The van der Waals surface area contributed by atoms with Gasteiger partial charge < -0.3 is 5.73 Å². The van der Waals surface area contributed by atoms with Crippen LogP contribution in [-0.2, 0) is 6.18 Å². The Morgan fingerprint density at radius 1 is 0.905 bits per heavy atom. The van der Waals surface area contributed by atoms with Crippen LogP contribution in [0.15, 0.2) is 36.4 Å². The van der Waals surface area contributed by atoms with Crippen LogP contribution in [0, 0.1) is 11.6 Å². The molecule has 1 atom stereocenters. The average Bonchev–Trinajstić information content (AvgIpc) is 2.37. The lowest BCUT2D eigenvalue weighted by Gasteiger charge is -2.16. The molecule has 0 aromatic heterocycles. The van der Waals surface area contributed by atoms with E-state index in [4.69, 9.17) is 17.3 Å². The summed E-state index contributed by atoms with van der Waals surface area (Å²) in [5, 5.41) is 0.105. The summed E-state index contributed by atoms with van der Waals surface area (Å²) in [6.45, 7) is 0. The molecule has 112 valence electrons. The van der Waals surface area contributed by atoms with Gasteiger partial charge in [-0.3, -0.25) is 0 Å². The Kier molecular flexibility index (Phi) is 4.20. The van der Waals surface area contributed by atoms with Crippen molar-refractivity contribution in [3.8, 4) is 0 Å². The zero-order valence-corrected chi connectivity index (χ0v) is 11.1. The van der Waals surface area contributed by atoms with Crippen molar-refractivity contribution < 1.29 is 22.0 Å². The number of benzene rings is 2. The zero-order valence-electron chi connectivity index (χ0n) is 10.4. The predicted molar refractivity (Wildman–Crippen MR) is 68.8 cm³/mol. The molecule has 0 saturated heterocycles. The predicted octanol–water partition coefficient (Wildman–Crippen LogP) is 4.69. The van der Waals surface area contributed by atoms with E-state index >= 15 is 0 Å². The molecule has 0 bridgehead atoms. The number of rotatable bonds is 2. The van der Waals surface area contributed by atoms with E-state index in [0.29, 0.717) is 18.2 Å². The molecule has 21 heavy (non-hydrogen) atoms. The van der Waals surface area contributed by atoms with E-state index in [9.17, 15) is 22.0 Å². The number of hydrogen-bond acceptors (Lipinski definition) is 1. The third kappa shape index (κ3) is 3.33. The molecular formula is C14H9ClF5N. The highest BCUT2D eigenvalue weighted by molar-refractivity contribution is 6.30. The third-order valence-electron chi connectivity index (χ3n) is 2.96. The Balaban J connectivity index is 2.50. The van der Waals surface area contributed by atoms with E-state index in [2.05, 4.69) is 0 Å². The molecule has 7 heteroatoms. The Hall–Kier alpha value is -1.66. The standard InChI is InChI=1S/C14H9ClF5N/c15-8-2-3-9(12(17)6-8)13(21)10-5-7(14(18,19)20)1-4-11(10)16/h1-6,13H,21H2. The molecule has 0 saturated carbocycles. The van der Waals surface area contributed by atoms with Gasteiger partial charge in [-0.1, -0.05) is 17.7 Å². The van der Waals surface area contributed by atoms with Crippen molar-refractivity contribution in [2.45, 2.75) is 12.2 Å². The van der Waals surface area contributed by atoms with Crippen LogP contribution in [0.4, 0.5) is 22.0 Å². The minimum absolute atomic E-state index is 0.105. The van der Waals surface area contributed by atoms with Gasteiger partial charge in [0.1, 0.15) is 11.6 Å². The van der Waals surface area contributed by atoms with Crippen molar-refractivity contribution in [1.82, 2.24) is 0 Å². The van der Waals surface area contributed by atoms with Gasteiger partial charge in [-0.15, -0.1) is 0 Å². The van der Waals surface area contributed by atoms with Gasteiger partial charge in [0.05, 0.1) is 11.6 Å². The minimum atomic E-state index is -4.64. The molecule has 1 unspecified atom stereocenters. The van der Waals surface area contributed by atoms with Crippen molar-refractivity contribution in [3.63, 3.8) is 0 Å². The Bertz CT molecular complexity index is 669. The summed E-state index contributed by atoms with van der Waals surface area (Å²) < 4.78 is 65.4. The van der Waals surface area contributed by atoms with E-state index in [0.717, 1.165) is 6.07 Å². The van der Waals surface area contributed by atoms with Crippen LogP contribution in [-0.4, -0.2) is 0 Å². The van der Waals surface area contributed by atoms with Crippen molar-refractivity contribution in [2.75, 3.05) is 0 Å². The summed E-state index contributed by atoms with van der Waals surface area (Å²) in [7, 11) is 0.